The van der Waals surface area contributed by atoms with Crippen LogP contribution >= 0.6 is 27.7 Å². The highest BCUT2D eigenvalue weighted by molar-refractivity contribution is 9.10. The molecule has 0 amide bonds. The van der Waals surface area contributed by atoms with Crippen LogP contribution in [0.5, 0.6) is 0 Å². The summed E-state index contributed by atoms with van der Waals surface area (Å²) in [5, 5.41) is 9.57. The molecule has 0 bridgehead atoms. The molecule has 2 aromatic heterocycles. The largest absolute Gasteiger partial charge is 0.411 e. The molecule has 0 spiro atoms. The molecule has 4 aromatic rings. The molecule has 0 fully saturated rings. The van der Waals surface area contributed by atoms with Crippen molar-refractivity contribution in [3.8, 4) is 11.5 Å². The van der Waals surface area contributed by atoms with Crippen molar-refractivity contribution in [3.63, 3.8) is 0 Å². The van der Waals surface area contributed by atoms with Crippen LogP contribution in [0.25, 0.3) is 22.4 Å². The van der Waals surface area contributed by atoms with Gasteiger partial charge in [-0.15, -0.1) is 10.2 Å². The number of benzene rings is 2. The Bertz CT molecular complexity index is 1040. The summed E-state index contributed by atoms with van der Waals surface area (Å²) in [4.78, 5) is 8.32. The van der Waals surface area contributed by atoms with E-state index in [-0.39, 0.29) is 5.82 Å². The zero-order valence-corrected chi connectivity index (χ0v) is 14.4. The Morgan fingerprint density at radius 3 is 2.79 bits per heavy atom. The van der Waals surface area contributed by atoms with Crippen LogP contribution in [0.1, 0.15) is 0 Å². The zero-order valence-electron chi connectivity index (χ0n) is 12.0. The topological polar surface area (TPSA) is 64.7 Å². The minimum Gasteiger partial charge on any atom is -0.411 e. The quantitative estimate of drug-likeness (QED) is 0.461. The Kier molecular flexibility index (Phi) is 3.99. The SMILES string of the molecule is Fc1ccc2ncnc(Sc3nnc(-c4ccccc4Br)o3)c2c1. The van der Waals surface area contributed by atoms with Gasteiger partial charge >= 0.3 is 0 Å². The Labute approximate surface area is 148 Å². The van der Waals surface area contributed by atoms with Crippen LogP contribution in [0.2, 0.25) is 0 Å². The molecule has 0 atom stereocenters. The highest BCUT2D eigenvalue weighted by Gasteiger charge is 2.14. The van der Waals surface area contributed by atoms with Crippen molar-refractivity contribution in [2.75, 3.05) is 0 Å². The molecule has 5 nitrogen and oxygen atoms in total. The van der Waals surface area contributed by atoms with Crippen LogP contribution in [0, 0.1) is 5.82 Å². The van der Waals surface area contributed by atoms with Crippen molar-refractivity contribution in [2.45, 2.75) is 10.2 Å². The number of halogens is 2. The minimum atomic E-state index is -0.349. The van der Waals surface area contributed by atoms with E-state index < -0.39 is 0 Å². The second-order valence-electron chi connectivity index (χ2n) is 4.80. The summed E-state index contributed by atoms with van der Waals surface area (Å²) in [5.41, 5.74) is 1.45. The summed E-state index contributed by atoms with van der Waals surface area (Å²) in [6.07, 6.45) is 1.42. The van der Waals surface area contributed by atoms with Crippen LogP contribution in [0.4, 0.5) is 4.39 Å². The van der Waals surface area contributed by atoms with E-state index in [0.29, 0.717) is 27.0 Å². The number of hydrogen-bond donors (Lipinski definition) is 0. The number of nitrogens with zero attached hydrogens (tertiary/aromatic N) is 4. The predicted octanol–water partition coefficient (Wildman–Crippen LogP) is 4.73. The van der Waals surface area contributed by atoms with Crippen molar-refractivity contribution < 1.29 is 8.81 Å². The summed E-state index contributed by atoms with van der Waals surface area (Å²) in [5.74, 6) is 0.0492. The minimum absolute atomic E-state index is 0.324. The van der Waals surface area contributed by atoms with Crippen molar-refractivity contribution in [1.29, 1.82) is 0 Å². The summed E-state index contributed by atoms with van der Waals surface area (Å²) in [6, 6.07) is 11.9. The molecule has 0 radical (unpaired) electrons. The average Bonchev–Trinajstić information content (AvgIpc) is 3.04. The van der Waals surface area contributed by atoms with Crippen LogP contribution in [-0.2, 0) is 0 Å². The first kappa shape index (κ1) is 15.2. The first-order valence-electron chi connectivity index (χ1n) is 6.87. The predicted molar refractivity (Wildman–Crippen MR) is 91.1 cm³/mol. The fourth-order valence-electron chi connectivity index (χ4n) is 2.16. The van der Waals surface area contributed by atoms with E-state index in [9.17, 15) is 4.39 Å². The van der Waals surface area contributed by atoms with Crippen molar-refractivity contribution >= 4 is 38.6 Å². The third-order valence-electron chi connectivity index (χ3n) is 3.26. The molecule has 118 valence electrons. The maximum absolute atomic E-state index is 13.5. The molecule has 0 saturated heterocycles. The van der Waals surface area contributed by atoms with Crippen LogP contribution in [-0.4, -0.2) is 20.2 Å². The third-order valence-corrected chi connectivity index (χ3v) is 4.81. The maximum atomic E-state index is 13.5. The molecule has 2 heterocycles. The van der Waals surface area contributed by atoms with Gasteiger partial charge in [-0.05, 0) is 58.0 Å². The molecule has 0 aliphatic carbocycles. The highest BCUT2D eigenvalue weighted by atomic mass is 79.9. The fourth-order valence-corrected chi connectivity index (χ4v) is 3.36. The van der Waals surface area contributed by atoms with E-state index in [1.807, 2.05) is 24.3 Å². The van der Waals surface area contributed by atoms with Gasteiger partial charge in [0.2, 0.25) is 5.89 Å². The standard InChI is InChI=1S/C16H8BrFN4OS/c17-12-4-2-1-3-10(12)14-21-22-16(23-14)24-15-11-7-9(18)5-6-13(11)19-8-20-15/h1-8H. The number of aromatic nitrogens is 4. The molecule has 0 aliphatic heterocycles. The van der Waals surface area contributed by atoms with Gasteiger partial charge in [-0.3, -0.25) is 0 Å². The van der Waals surface area contributed by atoms with Crippen LogP contribution < -0.4 is 0 Å². The van der Waals surface area contributed by atoms with Crippen molar-refractivity contribution in [3.05, 3.63) is 59.1 Å². The summed E-state index contributed by atoms with van der Waals surface area (Å²) < 4.78 is 20.1. The molecule has 0 N–H and O–H groups in total. The van der Waals surface area contributed by atoms with Gasteiger partial charge in [0.1, 0.15) is 17.2 Å². The summed E-state index contributed by atoms with van der Waals surface area (Å²) in [7, 11) is 0. The monoisotopic (exact) mass is 402 g/mol. The number of rotatable bonds is 3. The molecule has 0 unspecified atom stereocenters. The van der Waals surface area contributed by atoms with Gasteiger partial charge in [0.05, 0.1) is 11.1 Å². The first-order valence-corrected chi connectivity index (χ1v) is 8.48. The van der Waals surface area contributed by atoms with Gasteiger partial charge in [-0.25, -0.2) is 14.4 Å². The Morgan fingerprint density at radius 1 is 1.04 bits per heavy atom. The van der Waals surface area contributed by atoms with E-state index in [1.54, 1.807) is 6.07 Å². The lowest BCUT2D eigenvalue weighted by Gasteiger charge is -2.02. The summed E-state index contributed by atoms with van der Waals surface area (Å²) >= 11 is 4.63. The lowest BCUT2D eigenvalue weighted by Crippen LogP contribution is -1.88. The zero-order chi connectivity index (χ0) is 16.5. The van der Waals surface area contributed by atoms with E-state index in [2.05, 4.69) is 36.1 Å². The molecule has 8 heteroatoms. The molecular weight excluding hydrogens is 395 g/mol. The van der Waals surface area contributed by atoms with Gasteiger partial charge in [-0.2, -0.15) is 0 Å². The maximum Gasteiger partial charge on any atom is 0.283 e. The first-order chi connectivity index (χ1) is 11.7. The number of hydrogen-bond acceptors (Lipinski definition) is 6. The van der Waals surface area contributed by atoms with Gasteiger partial charge in [0, 0.05) is 9.86 Å². The van der Waals surface area contributed by atoms with E-state index >= 15 is 0 Å². The second-order valence-corrected chi connectivity index (χ2v) is 6.59. The van der Waals surface area contributed by atoms with Crippen LogP contribution in [0.3, 0.4) is 0 Å². The lowest BCUT2D eigenvalue weighted by molar-refractivity contribution is 0.465. The highest BCUT2D eigenvalue weighted by Crippen LogP contribution is 2.33. The molecule has 0 aliphatic rings. The Morgan fingerprint density at radius 2 is 1.92 bits per heavy atom. The Balaban J connectivity index is 1.70. The van der Waals surface area contributed by atoms with E-state index in [4.69, 9.17) is 4.42 Å². The summed E-state index contributed by atoms with van der Waals surface area (Å²) in [6.45, 7) is 0. The lowest BCUT2D eigenvalue weighted by atomic mass is 10.2. The van der Waals surface area contributed by atoms with Crippen molar-refractivity contribution in [1.82, 2.24) is 20.2 Å². The normalized spacial score (nSPS) is 11.1. The van der Waals surface area contributed by atoms with Crippen molar-refractivity contribution in [2.24, 2.45) is 0 Å². The van der Waals surface area contributed by atoms with Crippen LogP contribution in [0.15, 0.2) is 67.9 Å². The molecule has 0 saturated carbocycles. The smallest absolute Gasteiger partial charge is 0.283 e. The molecule has 2 aromatic carbocycles. The number of fused-ring (bicyclic) bond motifs is 1. The Hall–Kier alpha value is -2.32. The molecular formula is C16H8BrFN4OS. The van der Waals surface area contributed by atoms with E-state index in [0.717, 1.165) is 10.0 Å². The average molecular weight is 403 g/mol. The second kappa shape index (κ2) is 6.29. The molecule has 4 rings (SSSR count). The van der Waals surface area contributed by atoms with Gasteiger partial charge in [0.25, 0.3) is 5.22 Å². The molecule has 24 heavy (non-hydrogen) atoms. The van der Waals surface area contributed by atoms with Gasteiger partial charge in [-0.1, -0.05) is 12.1 Å². The van der Waals surface area contributed by atoms with E-state index in [1.165, 1.54) is 30.2 Å². The van der Waals surface area contributed by atoms with Gasteiger partial charge < -0.3 is 4.42 Å². The fraction of sp³-hybridized carbons (Fsp3) is 0. The third kappa shape index (κ3) is 2.90. The van der Waals surface area contributed by atoms with Gasteiger partial charge in [0.15, 0.2) is 0 Å².